The Labute approximate surface area is 140 Å². The summed E-state index contributed by atoms with van der Waals surface area (Å²) in [7, 11) is 0. The number of fused-ring (bicyclic) bond motifs is 1. The van der Waals surface area contributed by atoms with Crippen LogP contribution in [0.15, 0.2) is 41.8 Å². The van der Waals surface area contributed by atoms with Crippen molar-refractivity contribution in [2.75, 3.05) is 4.90 Å². The van der Waals surface area contributed by atoms with Gasteiger partial charge in [-0.1, -0.05) is 30.0 Å². The van der Waals surface area contributed by atoms with Crippen LogP contribution in [0.3, 0.4) is 0 Å². The standard InChI is InChI=1S/C18H21N3OS/c1-12-11-14-5-3-4-6-16(14)21(12)17(22)13(2)23-18-19-9-10-20(18)15-7-8-15/h3-6,9-10,12-13,15H,7-8,11H2,1-2H3. The van der Waals surface area contributed by atoms with Crippen molar-refractivity contribution in [2.24, 2.45) is 0 Å². The van der Waals surface area contributed by atoms with Gasteiger partial charge >= 0.3 is 0 Å². The van der Waals surface area contributed by atoms with Crippen LogP contribution in [0.25, 0.3) is 0 Å². The number of thioether (sulfide) groups is 1. The van der Waals surface area contributed by atoms with E-state index in [-0.39, 0.29) is 17.2 Å². The summed E-state index contributed by atoms with van der Waals surface area (Å²) in [4.78, 5) is 19.4. The second kappa shape index (κ2) is 5.71. The average Bonchev–Trinajstić information content (AvgIpc) is 3.19. The van der Waals surface area contributed by atoms with E-state index in [1.54, 1.807) is 11.8 Å². The Morgan fingerprint density at radius 1 is 1.35 bits per heavy atom. The lowest BCUT2D eigenvalue weighted by Gasteiger charge is -2.25. The largest absolute Gasteiger partial charge is 0.323 e. The van der Waals surface area contributed by atoms with E-state index in [1.807, 2.05) is 36.4 Å². The molecule has 23 heavy (non-hydrogen) atoms. The first-order valence-corrected chi connectivity index (χ1v) is 9.13. The van der Waals surface area contributed by atoms with Crippen LogP contribution in [0.5, 0.6) is 0 Å². The van der Waals surface area contributed by atoms with Gasteiger partial charge < -0.3 is 9.47 Å². The summed E-state index contributed by atoms with van der Waals surface area (Å²) in [5.74, 6) is 0.179. The molecular formula is C18H21N3OS. The highest BCUT2D eigenvalue weighted by Gasteiger charge is 2.34. The zero-order chi connectivity index (χ0) is 16.0. The van der Waals surface area contributed by atoms with Crippen LogP contribution in [0.4, 0.5) is 5.69 Å². The highest BCUT2D eigenvalue weighted by Crippen LogP contribution is 2.39. The van der Waals surface area contributed by atoms with E-state index in [1.165, 1.54) is 18.4 Å². The van der Waals surface area contributed by atoms with Crippen molar-refractivity contribution in [1.29, 1.82) is 0 Å². The minimum atomic E-state index is -0.136. The number of carbonyl (C=O) groups excluding carboxylic acids is 1. The summed E-state index contributed by atoms with van der Waals surface area (Å²) < 4.78 is 2.22. The van der Waals surface area contributed by atoms with Crippen LogP contribution in [0, 0.1) is 0 Å². The smallest absolute Gasteiger partial charge is 0.240 e. The lowest BCUT2D eigenvalue weighted by molar-refractivity contribution is -0.118. The Bertz CT molecular complexity index is 737. The fourth-order valence-electron chi connectivity index (χ4n) is 3.33. The second-order valence-corrected chi connectivity index (χ2v) is 7.81. The number of rotatable bonds is 4. The molecule has 4 nitrogen and oxygen atoms in total. The fourth-order valence-corrected chi connectivity index (χ4v) is 4.31. The summed E-state index contributed by atoms with van der Waals surface area (Å²) in [6.07, 6.45) is 7.26. The van der Waals surface area contributed by atoms with Gasteiger partial charge in [0.15, 0.2) is 5.16 Å². The molecule has 0 N–H and O–H groups in total. The predicted octanol–water partition coefficient (Wildman–Crippen LogP) is 3.68. The van der Waals surface area contributed by atoms with E-state index in [2.05, 4.69) is 28.6 Å². The minimum absolute atomic E-state index is 0.136. The lowest BCUT2D eigenvalue weighted by atomic mass is 10.1. The van der Waals surface area contributed by atoms with Gasteiger partial charge in [-0.25, -0.2) is 4.98 Å². The predicted molar refractivity (Wildman–Crippen MR) is 92.9 cm³/mol. The molecule has 120 valence electrons. The monoisotopic (exact) mass is 327 g/mol. The van der Waals surface area contributed by atoms with Gasteiger partial charge in [-0.15, -0.1) is 0 Å². The maximum atomic E-state index is 13.0. The summed E-state index contributed by atoms with van der Waals surface area (Å²) in [6.45, 7) is 4.12. The molecule has 4 rings (SSSR count). The lowest BCUT2D eigenvalue weighted by Crippen LogP contribution is -2.40. The Morgan fingerprint density at radius 3 is 2.91 bits per heavy atom. The van der Waals surface area contributed by atoms with E-state index >= 15 is 0 Å². The third-order valence-electron chi connectivity index (χ3n) is 4.65. The zero-order valence-electron chi connectivity index (χ0n) is 13.5. The SMILES string of the molecule is CC(Sc1nccn1C1CC1)C(=O)N1c2ccccc2CC1C. The molecule has 2 heterocycles. The van der Waals surface area contributed by atoms with Gasteiger partial charge in [-0.3, -0.25) is 4.79 Å². The molecule has 2 aromatic rings. The van der Waals surface area contributed by atoms with Crippen molar-refractivity contribution in [3.05, 3.63) is 42.2 Å². The van der Waals surface area contributed by atoms with Gasteiger partial charge in [-0.05, 0) is 44.7 Å². The molecule has 2 unspecified atom stereocenters. The zero-order valence-corrected chi connectivity index (χ0v) is 14.3. The quantitative estimate of drug-likeness (QED) is 0.804. The maximum absolute atomic E-state index is 13.0. The third kappa shape index (κ3) is 2.67. The van der Waals surface area contributed by atoms with Crippen molar-refractivity contribution in [1.82, 2.24) is 9.55 Å². The van der Waals surface area contributed by atoms with Gasteiger partial charge in [0, 0.05) is 30.2 Å². The molecule has 1 saturated carbocycles. The highest BCUT2D eigenvalue weighted by atomic mass is 32.2. The van der Waals surface area contributed by atoms with Crippen LogP contribution < -0.4 is 4.90 Å². The fraction of sp³-hybridized carbons (Fsp3) is 0.444. The minimum Gasteiger partial charge on any atom is -0.323 e. The van der Waals surface area contributed by atoms with Crippen molar-refractivity contribution >= 4 is 23.4 Å². The van der Waals surface area contributed by atoms with Crippen LogP contribution >= 0.6 is 11.8 Å². The molecular weight excluding hydrogens is 306 g/mol. The third-order valence-corrected chi connectivity index (χ3v) is 5.73. The van der Waals surface area contributed by atoms with Gasteiger partial charge in [0.1, 0.15) is 0 Å². The Balaban J connectivity index is 1.53. The van der Waals surface area contributed by atoms with Gasteiger partial charge in [0.25, 0.3) is 0 Å². The summed E-state index contributed by atoms with van der Waals surface area (Å²) in [5, 5.41) is 0.831. The number of carbonyl (C=O) groups is 1. The Kier molecular flexibility index (Phi) is 3.68. The maximum Gasteiger partial charge on any atom is 0.240 e. The van der Waals surface area contributed by atoms with E-state index in [0.717, 1.165) is 17.3 Å². The molecule has 0 radical (unpaired) electrons. The normalized spacial score (nSPS) is 21.3. The number of benzene rings is 1. The topological polar surface area (TPSA) is 38.1 Å². The molecule has 0 saturated heterocycles. The van der Waals surface area contributed by atoms with Crippen LogP contribution in [0.2, 0.25) is 0 Å². The van der Waals surface area contributed by atoms with Crippen molar-refractivity contribution < 1.29 is 4.79 Å². The molecule has 1 aromatic carbocycles. The van der Waals surface area contributed by atoms with E-state index in [4.69, 9.17) is 0 Å². The molecule has 1 aliphatic carbocycles. The number of hydrogen-bond acceptors (Lipinski definition) is 3. The number of imidazole rings is 1. The first-order chi connectivity index (χ1) is 11.1. The number of amides is 1. The molecule has 1 amide bonds. The average molecular weight is 327 g/mol. The number of para-hydroxylation sites is 1. The summed E-state index contributed by atoms with van der Waals surface area (Å²) >= 11 is 1.58. The van der Waals surface area contributed by atoms with Crippen LogP contribution in [-0.4, -0.2) is 26.8 Å². The Hall–Kier alpha value is -1.75. The van der Waals surface area contributed by atoms with Crippen molar-refractivity contribution in [3.8, 4) is 0 Å². The summed E-state index contributed by atoms with van der Waals surface area (Å²) in [6, 6.07) is 9.05. The molecule has 1 fully saturated rings. The van der Waals surface area contributed by atoms with E-state index in [0.29, 0.717) is 6.04 Å². The molecule has 0 spiro atoms. The van der Waals surface area contributed by atoms with Crippen molar-refractivity contribution in [3.63, 3.8) is 0 Å². The van der Waals surface area contributed by atoms with Crippen molar-refractivity contribution in [2.45, 2.75) is 55.6 Å². The summed E-state index contributed by atoms with van der Waals surface area (Å²) in [5.41, 5.74) is 2.34. The molecule has 1 aliphatic heterocycles. The molecule has 0 bridgehead atoms. The first-order valence-electron chi connectivity index (χ1n) is 8.25. The van der Waals surface area contributed by atoms with Gasteiger partial charge in [-0.2, -0.15) is 0 Å². The van der Waals surface area contributed by atoms with E-state index < -0.39 is 0 Å². The first kappa shape index (κ1) is 14.8. The highest BCUT2D eigenvalue weighted by molar-refractivity contribution is 8.00. The van der Waals surface area contributed by atoms with Gasteiger partial charge in [0.05, 0.1) is 5.25 Å². The molecule has 1 aromatic heterocycles. The number of hydrogen-bond donors (Lipinski definition) is 0. The van der Waals surface area contributed by atoms with E-state index in [9.17, 15) is 4.79 Å². The second-order valence-electron chi connectivity index (χ2n) is 6.50. The van der Waals surface area contributed by atoms with Gasteiger partial charge in [0.2, 0.25) is 5.91 Å². The Morgan fingerprint density at radius 2 is 2.13 bits per heavy atom. The molecule has 2 atom stereocenters. The molecule has 2 aliphatic rings. The van der Waals surface area contributed by atoms with Crippen LogP contribution in [-0.2, 0) is 11.2 Å². The van der Waals surface area contributed by atoms with Crippen LogP contribution in [0.1, 0.15) is 38.3 Å². The number of anilines is 1. The number of aromatic nitrogens is 2. The number of nitrogens with zero attached hydrogens (tertiary/aromatic N) is 3. The molecule has 5 heteroatoms.